The number of aromatic carboxylic acids is 2. The summed E-state index contributed by atoms with van der Waals surface area (Å²) in [4.78, 5) is 21.3. The standard InChI is InChI=1S/C9H8N2O4/c1-10-11-7-3-5(8(12)13)2-6(4-7)9(14)15/h2-4,11H,1H2,(H,12,13)(H,14,15). The van der Waals surface area contributed by atoms with Gasteiger partial charge in [-0.1, -0.05) is 0 Å². The van der Waals surface area contributed by atoms with E-state index in [4.69, 9.17) is 10.2 Å². The van der Waals surface area contributed by atoms with Gasteiger partial charge in [-0.3, -0.25) is 5.43 Å². The summed E-state index contributed by atoms with van der Waals surface area (Å²) in [6, 6.07) is 3.60. The molecule has 0 unspecified atom stereocenters. The molecular formula is C9H8N2O4. The summed E-state index contributed by atoms with van der Waals surface area (Å²) in [6.07, 6.45) is 0. The van der Waals surface area contributed by atoms with Gasteiger partial charge in [0.15, 0.2) is 0 Å². The first-order valence-electron chi connectivity index (χ1n) is 3.88. The van der Waals surface area contributed by atoms with E-state index in [1.807, 2.05) is 0 Å². The molecule has 0 atom stereocenters. The maximum absolute atomic E-state index is 10.7. The Morgan fingerprint density at radius 2 is 1.60 bits per heavy atom. The number of hydrogen-bond donors (Lipinski definition) is 3. The summed E-state index contributed by atoms with van der Waals surface area (Å²) in [5, 5.41) is 20.8. The molecule has 0 saturated heterocycles. The molecule has 0 heterocycles. The van der Waals surface area contributed by atoms with E-state index in [1.54, 1.807) is 0 Å². The van der Waals surface area contributed by atoms with Crippen molar-refractivity contribution in [3.63, 3.8) is 0 Å². The molecule has 0 saturated carbocycles. The van der Waals surface area contributed by atoms with Crippen LogP contribution in [-0.2, 0) is 0 Å². The molecule has 1 rings (SSSR count). The van der Waals surface area contributed by atoms with Crippen LogP contribution in [-0.4, -0.2) is 28.9 Å². The molecule has 3 N–H and O–H groups in total. The topological polar surface area (TPSA) is 99.0 Å². The molecule has 15 heavy (non-hydrogen) atoms. The number of rotatable bonds is 4. The normalized spacial score (nSPS) is 9.33. The SMILES string of the molecule is C=NNc1cc(C(=O)O)cc(C(=O)O)c1. The third-order valence-corrected chi connectivity index (χ3v) is 1.64. The van der Waals surface area contributed by atoms with Crippen molar-refractivity contribution in [2.24, 2.45) is 5.10 Å². The number of carboxylic acid groups (broad SMARTS) is 2. The van der Waals surface area contributed by atoms with Crippen LogP contribution < -0.4 is 5.43 Å². The fourth-order valence-electron chi connectivity index (χ4n) is 1.03. The summed E-state index contributed by atoms with van der Waals surface area (Å²) >= 11 is 0. The number of carboxylic acids is 2. The number of carbonyl (C=O) groups is 2. The first-order valence-corrected chi connectivity index (χ1v) is 3.88. The molecule has 6 nitrogen and oxygen atoms in total. The highest BCUT2D eigenvalue weighted by atomic mass is 16.4. The Morgan fingerprint density at radius 3 is 1.93 bits per heavy atom. The van der Waals surface area contributed by atoms with Gasteiger partial charge in [0.1, 0.15) is 0 Å². The Hall–Kier alpha value is -2.37. The third kappa shape index (κ3) is 2.53. The molecule has 0 radical (unpaired) electrons. The van der Waals surface area contributed by atoms with E-state index >= 15 is 0 Å². The number of hydrogen-bond acceptors (Lipinski definition) is 4. The predicted molar refractivity (Wildman–Crippen MR) is 53.5 cm³/mol. The highest BCUT2D eigenvalue weighted by Gasteiger charge is 2.10. The highest BCUT2D eigenvalue weighted by molar-refractivity contribution is 5.95. The lowest BCUT2D eigenvalue weighted by atomic mass is 10.1. The quantitative estimate of drug-likeness (QED) is 0.508. The van der Waals surface area contributed by atoms with Crippen LogP contribution >= 0.6 is 0 Å². The minimum absolute atomic E-state index is 0.124. The van der Waals surface area contributed by atoms with Crippen LogP contribution in [0.5, 0.6) is 0 Å². The molecule has 0 aliphatic carbocycles. The maximum atomic E-state index is 10.7. The van der Waals surface area contributed by atoms with Gasteiger partial charge in [-0.25, -0.2) is 9.59 Å². The van der Waals surface area contributed by atoms with Gasteiger partial charge in [0.05, 0.1) is 16.8 Å². The maximum Gasteiger partial charge on any atom is 0.335 e. The Morgan fingerprint density at radius 1 is 1.13 bits per heavy atom. The molecular weight excluding hydrogens is 200 g/mol. The van der Waals surface area contributed by atoms with Gasteiger partial charge in [0, 0.05) is 6.72 Å². The van der Waals surface area contributed by atoms with Crippen LogP contribution in [0, 0.1) is 0 Å². The fraction of sp³-hybridized carbons (Fsp3) is 0. The van der Waals surface area contributed by atoms with Crippen LogP contribution in [0.2, 0.25) is 0 Å². The Labute approximate surface area is 84.9 Å². The molecule has 0 fully saturated rings. The van der Waals surface area contributed by atoms with Gasteiger partial charge in [0.25, 0.3) is 0 Å². The zero-order valence-corrected chi connectivity index (χ0v) is 7.60. The van der Waals surface area contributed by atoms with E-state index in [9.17, 15) is 9.59 Å². The third-order valence-electron chi connectivity index (χ3n) is 1.64. The van der Waals surface area contributed by atoms with Crippen LogP contribution in [0.4, 0.5) is 5.69 Å². The van der Waals surface area contributed by atoms with Gasteiger partial charge < -0.3 is 10.2 Å². The monoisotopic (exact) mass is 208 g/mol. The fourth-order valence-corrected chi connectivity index (χ4v) is 1.03. The summed E-state index contributed by atoms with van der Waals surface area (Å²) in [7, 11) is 0. The number of nitrogens with one attached hydrogen (secondary N) is 1. The van der Waals surface area contributed by atoms with Crippen molar-refractivity contribution >= 4 is 24.3 Å². The summed E-state index contributed by atoms with van der Waals surface area (Å²) < 4.78 is 0. The van der Waals surface area contributed by atoms with Gasteiger partial charge >= 0.3 is 11.9 Å². The second-order valence-electron chi connectivity index (χ2n) is 2.68. The predicted octanol–water partition coefficient (Wildman–Crippen LogP) is 1.11. The summed E-state index contributed by atoms with van der Waals surface area (Å²) in [5.74, 6) is -2.41. The molecule has 0 aliphatic heterocycles. The van der Waals surface area contributed by atoms with Crippen molar-refractivity contribution in [1.82, 2.24) is 0 Å². The summed E-state index contributed by atoms with van der Waals surface area (Å²) in [5.41, 5.74) is 2.40. The first kappa shape index (κ1) is 10.7. The Kier molecular flexibility index (Phi) is 3.02. The lowest BCUT2D eigenvalue weighted by Crippen LogP contribution is -2.03. The second kappa shape index (κ2) is 4.23. The largest absolute Gasteiger partial charge is 0.478 e. The van der Waals surface area contributed by atoms with E-state index in [0.717, 1.165) is 6.07 Å². The highest BCUT2D eigenvalue weighted by Crippen LogP contribution is 2.15. The number of anilines is 1. The zero-order valence-electron chi connectivity index (χ0n) is 7.60. The van der Waals surface area contributed by atoms with Gasteiger partial charge in [-0.15, -0.1) is 0 Å². The molecule has 0 bridgehead atoms. The minimum atomic E-state index is -1.20. The van der Waals surface area contributed by atoms with Crippen LogP contribution in [0.3, 0.4) is 0 Å². The van der Waals surface area contributed by atoms with E-state index in [1.165, 1.54) is 12.1 Å². The van der Waals surface area contributed by atoms with Gasteiger partial charge in [-0.05, 0) is 18.2 Å². The average Bonchev–Trinajstić information content (AvgIpc) is 2.17. The molecule has 78 valence electrons. The van der Waals surface area contributed by atoms with Gasteiger partial charge in [-0.2, -0.15) is 5.10 Å². The van der Waals surface area contributed by atoms with Crippen molar-refractivity contribution in [1.29, 1.82) is 0 Å². The first-order chi connectivity index (χ1) is 7.04. The summed E-state index contributed by atoms with van der Waals surface area (Å²) in [6.45, 7) is 3.15. The van der Waals surface area contributed by atoms with E-state index in [-0.39, 0.29) is 16.8 Å². The van der Waals surface area contributed by atoms with Crippen molar-refractivity contribution < 1.29 is 19.8 Å². The number of benzene rings is 1. The molecule has 6 heteroatoms. The zero-order chi connectivity index (χ0) is 11.4. The smallest absolute Gasteiger partial charge is 0.335 e. The van der Waals surface area contributed by atoms with Crippen molar-refractivity contribution in [3.05, 3.63) is 29.3 Å². The Bertz CT molecular complexity index is 396. The van der Waals surface area contributed by atoms with Crippen molar-refractivity contribution in [2.45, 2.75) is 0 Å². The average molecular weight is 208 g/mol. The lowest BCUT2D eigenvalue weighted by molar-refractivity contribution is 0.0696. The van der Waals surface area contributed by atoms with Crippen LogP contribution in [0.25, 0.3) is 0 Å². The van der Waals surface area contributed by atoms with Crippen LogP contribution in [0.15, 0.2) is 23.3 Å². The van der Waals surface area contributed by atoms with Crippen LogP contribution in [0.1, 0.15) is 20.7 Å². The van der Waals surface area contributed by atoms with E-state index in [0.29, 0.717) is 0 Å². The molecule has 0 spiro atoms. The van der Waals surface area contributed by atoms with E-state index < -0.39 is 11.9 Å². The van der Waals surface area contributed by atoms with E-state index in [2.05, 4.69) is 17.2 Å². The number of hydrazone groups is 1. The van der Waals surface area contributed by atoms with Gasteiger partial charge in [0.2, 0.25) is 0 Å². The van der Waals surface area contributed by atoms with Crippen molar-refractivity contribution in [2.75, 3.05) is 5.43 Å². The molecule has 0 amide bonds. The number of nitrogens with zero attached hydrogens (tertiary/aromatic N) is 1. The van der Waals surface area contributed by atoms with Crippen molar-refractivity contribution in [3.8, 4) is 0 Å². The minimum Gasteiger partial charge on any atom is -0.478 e. The lowest BCUT2D eigenvalue weighted by Gasteiger charge is -2.03. The molecule has 1 aromatic carbocycles. The Balaban J connectivity index is 3.25. The molecule has 0 aliphatic rings. The second-order valence-corrected chi connectivity index (χ2v) is 2.68. The molecule has 0 aromatic heterocycles. The molecule has 1 aromatic rings.